The third kappa shape index (κ3) is 4.63. The SMILES string of the molecule is Cc1cccc(COc2ccc(NC(=O)N(C)C3CC(C(N)=O)C3)c(C)c2)c1. The number of rotatable bonds is 6. The van der Waals surface area contributed by atoms with E-state index in [9.17, 15) is 9.59 Å². The van der Waals surface area contributed by atoms with E-state index in [1.54, 1.807) is 11.9 Å². The van der Waals surface area contributed by atoms with Gasteiger partial charge in [-0.25, -0.2) is 4.79 Å². The molecule has 1 fully saturated rings. The summed E-state index contributed by atoms with van der Waals surface area (Å²) in [7, 11) is 1.74. The number of benzene rings is 2. The van der Waals surface area contributed by atoms with Crippen LogP contribution >= 0.6 is 0 Å². The number of hydrogen-bond acceptors (Lipinski definition) is 3. The third-order valence-corrected chi connectivity index (χ3v) is 5.31. The minimum Gasteiger partial charge on any atom is -0.489 e. The lowest BCUT2D eigenvalue weighted by Crippen LogP contribution is -2.50. The van der Waals surface area contributed by atoms with Crippen LogP contribution in [0.4, 0.5) is 10.5 Å². The van der Waals surface area contributed by atoms with E-state index in [-0.39, 0.29) is 23.9 Å². The molecule has 3 amide bonds. The maximum Gasteiger partial charge on any atom is 0.321 e. The lowest BCUT2D eigenvalue weighted by Gasteiger charge is -2.39. The average molecular weight is 381 g/mol. The van der Waals surface area contributed by atoms with Crippen molar-refractivity contribution in [2.45, 2.75) is 39.3 Å². The Bertz CT molecular complexity index is 875. The smallest absolute Gasteiger partial charge is 0.321 e. The van der Waals surface area contributed by atoms with Crippen molar-refractivity contribution in [1.29, 1.82) is 0 Å². The molecular formula is C22H27N3O3. The zero-order valence-corrected chi connectivity index (χ0v) is 16.6. The number of urea groups is 1. The predicted molar refractivity (Wildman–Crippen MR) is 109 cm³/mol. The highest BCUT2D eigenvalue weighted by molar-refractivity contribution is 5.90. The molecule has 3 N–H and O–H groups in total. The van der Waals surface area contributed by atoms with Gasteiger partial charge >= 0.3 is 6.03 Å². The van der Waals surface area contributed by atoms with Crippen LogP contribution in [0.2, 0.25) is 0 Å². The van der Waals surface area contributed by atoms with Crippen molar-refractivity contribution >= 4 is 17.6 Å². The molecule has 2 aromatic rings. The van der Waals surface area contributed by atoms with Crippen LogP contribution in [0.1, 0.15) is 29.5 Å². The number of amides is 3. The van der Waals surface area contributed by atoms with Crippen LogP contribution in [0, 0.1) is 19.8 Å². The van der Waals surface area contributed by atoms with E-state index in [0.29, 0.717) is 19.4 Å². The van der Waals surface area contributed by atoms with Crippen molar-refractivity contribution in [1.82, 2.24) is 4.90 Å². The lowest BCUT2D eigenvalue weighted by atomic mass is 9.79. The molecule has 28 heavy (non-hydrogen) atoms. The molecule has 0 unspecified atom stereocenters. The second-order valence-corrected chi connectivity index (χ2v) is 7.52. The fourth-order valence-electron chi connectivity index (χ4n) is 3.34. The van der Waals surface area contributed by atoms with E-state index in [4.69, 9.17) is 10.5 Å². The number of aryl methyl sites for hydroxylation is 2. The largest absolute Gasteiger partial charge is 0.489 e. The Morgan fingerprint density at radius 3 is 2.57 bits per heavy atom. The maximum absolute atomic E-state index is 12.5. The van der Waals surface area contributed by atoms with Gasteiger partial charge in [-0.15, -0.1) is 0 Å². The monoisotopic (exact) mass is 381 g/mol. The first-order valence-corrected chi connectivity index (χ1v) is 9.45. The van der Waals surface area contributed by atoms with Crippen LogP contribution in [0.15, 0.2) is 42.5 Å². The molecule has 0 saturated heterocycles. The summed E-state index contributed by atoms with van der Waals surface area (Å²) in [6, 6.07) is 13.7. The van der Waals surface area contributed by atoms with E-state index in [1.165, 1.54) is 5.56 Å². The van der Waals surface area contributed by atoms with Crippen LogP contribution in [-0.4, -0.2) is 29.9 Å². The summed E-state index contributed by atoms with van der Waals surface area (Å²) in [5.41, 5.74) is 9.28. The first kappa shape index (κ1) is 19.7. The van der Waals surface area contributed by atoms with Gasteiger partial charge in [0.05, 0.1) is 0 Å². The summed E-state index contributed by atoms with van der Waals surface area (Å²) in [6.45, 7) is 4.49. The number of carbonyl (C=O) groups excluding carboxylic acids is 2. The molecule has 148 valence electrons. The highest BCUT2D eigenvalue weighted by atomic mass is 16.5. The van der Waals surface area contributed by atoms with Gasteiger partial charge in [-0.05, 0) is 56.0 Å². The van der Waals surface area contributed by atoms with E-state index in [0.717, 1.165) is 22.6 Å². The summed E-state index contributed by atoms with van der Waals surface area (Å²) in [5, 5.41) is 2.93. The molecule has 1 aliphatic rings. The molecule has 0 aliphatic heterocycles. The number of carbonyl (C=O) groups is 2. The molecule has 6 nitrogen and oxygen atoms in total. The number of nitrogens with zero attached hydrogens (tertiary/aromatic N) is 1. The Balaban J connectivity index is 1.55. The average Bonchev–Trinajstić information content (AvgIpc) is 2.60. The topological polar surface area (TPSA) is 84.7 Å². The Kier molecular flexibility index (Phi) is 5.87. The Morgan fingerprint density at radius 2 is 1.93 bits per heavy atom. The van der Waals surface area contributed by atoms with Crippen molar-refractivity contribution < 1.29 is 14.3 Å². The predicted octanol–water partition coefficient (Wildman–Crippen LogP) is 3.61. The fourth-order valence-corrected chi connectivity index (χ4v) is 3.34. The van der Waals surface area contributed by atoms with Crippen LogP contribution in [-0.2, 0) is 11.4 Å². The van der Waals surface area contributed by atoms with Gasteiger partial charge in [-0.2, -0.15) is 0 Å². The molecule has 0 atom stereocenters. The van der Waals surface area contributed by atoms with Crippen LogP contribution in [0.3, 0.4) is 0 Å². The van der Waals surface area contributed by atoms with Gasteiger partial charge in [-0.3, -0.25) is 4.79 Å². The molecule has 6 heteroatoms. The molecule has 0 spiro atoms. The minimum absolute atomic E-state index is 0.0507. The van der Waals surface area contributed by atoms with Gasteiger partial charge in [0.25, 0.3) is 0 Å². The van der Waals surface area contributed by atoms with Gasteiger partial charge in [0, 0.05) is 24.7 Å². The first-order chi connectivity index (χ1) is 13.3. The lowest BCUT2D eigenvalue weighted by molar-refractivity contribution is -0.125. The van der Waals surface area contributed by atoms with Gasteiger partial charge in [0.15, 0.2) is 0 Å². The number of ether oxygens (including phenoxy) is 1. The Morgan fingerprint density at radius 1 is 1.18 bits per heavy atom. The highest BCUT2D eigenvalue weighted by Crippen LogP contribution is 2.31. The maximum atomic E-state index is 12.5. The third-order valence-electron chi connectivity index (χ3n) is 5.31. The number of anilines is 1. The first-order valence-electron chi connectivity index (χ1n) is 9.45. The van der Waals surface area contributed by atoms with E-state index < -0.39 is 0 Å². The van der Waals surface area contributed by atoms with E-state index in [1.807, 2.05) is 37.3 Å². The standard InChI is InChI=1S/C22H27N3O3/c1-14-5-4-6-16(9-14)13-28-19-7-8-20(15(2)10-19)24-22(27)25(3)18-11-17(12-18)21(23)26/h4-10,17-18H,11-13H2,1-3H3,(H2,23,26)(H,24,27). The molecule has 0 bridgehead atoms. The molecule has 1 aliphatic carbocycles. The number of nitrogens with two attached hydrogens (primary N) is 1. The zero-order valence-electron chi connectivity index (χ0n) is 16.6. The summed E-state index contributed by atoms with van der Waals surface area (Å²) in [6.07, 6.45) is 1.26. The zero-order chi connectivity index (χ0) is 20.3. The molecule has 2 aromatic carbocycles. The quantitative estimate of drug-likeness (QED) is 0.802. The minimum atomic E-state index is -0.290. The Hall–Kier alpha value is -3.02. The van der Waals surface area contributed by atoms with E-state index >= 15 is 0 Å². The second kappa shape index (κ2) is 8.33. The normalized spacial score (nSPS) is 18.1. The van der Waals surface area contributed by atoms with E-state index in [2.05, 4.69) is 24.4 Å². The van der Waals surface area contributed by atoms with Crippen LogP contribution < -0.4 is 15.8 Å². The van der Waals surface area contributed by atoms with Crippen molar-refractivity contribution in [3.05, 3.63) is 59.2 Å². The van der Waals surface area contributed by atoms with Crippen molar-refractivity contribution in [3.8, 4) is 5.75 Å². The van der Waals surface area contributed by atoms with Gasteiger partial charge in [0.2, 0.25) is 5.91 Å². The molecule has 0 heterocycles. The summed E-state index contributed by atoms with van der Waals surface area (Å²) < 4.78 is 5.87. The number of hydrogen-bond donors (Lipinski definition) is 2. The second-order valence-electron chi connectivity index (χ2n) is 7.52. The van der Waals surface area contributed by atoms with Gasteiger partial charge < -0.3 is 20.7 Å². The van der Waals surface area contributed by atoms with Gasteiger partial charge in [-0.1, -0.05) is 29.8 Å². The van der Waals surface area contributed by atoms with Crippen molar-refractivity contribution in [3.63, 3.8) is 0 Å². The molecule has 1 saturated carbocycles. The molecular weight excluding hydrogens is 354 g/mol. The van der Waals surface area contributed by atoms with Crippen LogP contribution in [0.5, 0.6) is 5.75 Å². The van der Waals surface area contributed by atoms with Crippen LogP contribution in [0.25, 0.3) is 0 Å². The fraction of sp³-hybridized carbons (Fsp3) is 0.364. The molecule has 0 aromatic heterocycles. The molecule has 0 radical (unpaired) electrons. The molecule has 3 rings (SSSR count). The highest BCUT2D eigenvalue weighted by Gasteiger charge is 2.37. The van der Waals surface area contributed by atoms with Crippen molar-refractivity contribution in [2.75, 3.05) is 12.4 Å². The Labute approximate surface area is 165 Å². The summed E-state index contributed by atoms with van der Waals surface area (Å²) in [4.78, 5) is 25.2. The van der Waals surface area contributed by atoms with Gasteiger partial charge in [0.1, 0.15) is 12.4 Å². The van der Waals surface area contributed by atoms with Crippen molar-refractivity contribution in [2.24, 2.45) is 11.7 Å². The summed E-state index contributed by atoms with van der Waals surface area (Å²) >= 11 is 0. The number of nitrogens with one attached hydrogen (secondary N) is 1. The summed E-state index contributed by atoms with van der Waals surface area (Å²) in [5.74, 6) is 0.350. The number of primary amides is 1.